The van der Waals surface area contributed by atoms with Gasteiger partial charge in [-0.2, -0.15) is 0 Å². The minimum Gasteiger partial charge on any atom is -0.496 e. The van der Waals surface area contributed by atoms with Gasteiger partial charge in [-0.25, -0.2) is 0 Å². The standard InChI is InChI=1S/C16H22ClNO2/c1-12-7-8-13(11-15(12)20-2)16(19)18(10-9-17)14-5-3-4-6-14/h7-8,11,14H,3-6,9-10H2,1-2H3. The molecular weight excluding hydrogens is 274 g/mol. The number of carbonyl (C=O) groups excluding carboxylic acids is 1. The fraction of sp³-hybridized carbons (Fsp3) is 0.562. The van der Waals surface area contributed by atoms with Crippen LogP contribution in [0.15, 0.2) is 18.2 Å². The van der Waals surface area contributed by atoms with E-state index in [0.717, 1.165) is 24.2 Å². The summed E-state index contributed by atoms with van der Waals surface area (Å²) < 4.78 is 5.30. The van der Waals surface area contributed by atoms with Crippen LogP contribution < -0.4 is 4.74 Å². The molecule has 20 heavy (non-hydrogen) atoms. The van der Waals surface area contributed by atoms with Crippen molar-refractivity contribution in [1.82, 2.24) is 4.90 Å². The van der Waals surface area contributed by atoms with E-state index < -0.39 is 0 Å². The van der Waals surface area contributed by atoms with Crippen molar-refractivity contribution in [3.05, 3.63) is 29.3 Å². The van der Waals surface area contributed by atoms with Crippen molar-refractivity contribution in [1.29, 1.82) is 0 Å². The van der Waals surface area contributed by atoms with E-state index in [1.807, 2.05) is 30.0 Å². The minimum absolute atomic E-state index is 0.0656. The minimum atomic E-state index is 0.0656. The molecule has 0 heterocycles. The van der Waals surface area contributed by atoms with Gasteiger partial charge in [0.2, 0.25) is 0 Å². The van der Waals surface area contributed by atoms with Crippen LogP contribution in [0.1, 0.15) is 41.6 Å². The van der Waals surface area contributed by atoms with Crippen molar-refractivity contribution in [2.24, 2.45) is 0 Å². The first kappa shape index (κ1) is 15.2. The highest BCUT2D eigenvalue weighted by Gasteiger charge is 2.27. The second-order valence-corrected chi connectivity index (χ2v) is 5.69. The molecule has 0 radical (unpaired) electrons. The zero-order valence-electron chi connectivity index (χ0n) is 12.2. The summed E-state index contributed by atoms with van der Waals surface area (Å²) in [4.78, 5) is 14.6. The number of halogens is 1. The zero-order chi connectivity index (χ0) is 14.5. The normalized spacial score (nSPS) is 15.3. The smallest absolute Gasteiger partial charge is 0.254 e. The van der Waals surface area contributed by atoms with Gasteiger partial charge in [0.15, 0.2) is 0 Å². The van der Waals surface area contributed by atoms with Crippen molar-refractivity contribution in [3.63, 3.8) is 0 Å². The molecule has 1 saturated carbocycles. The Morgan fingerprint density at radius 2 is 2.10 bits per heavy atom. The first-order chi connectivity index (χ1) is 9.67. The average molecular weight is 296 g/mol. The molecule has 1 aliphatic carbocycles. The van der Waals surface area contributed by atoms with Gasteiger partial charge in [0, 0.05) is 24.0 Å². The van der Waals surface area contributed by atoms with Crippen molar-refractivity contribution < 1.29 is 9.53 Å². The fourth-order valence-corrected chi connectivity index (χ4v) is 3.06. The first-order valence-corrected chi connectivity index (χ1v) is 7.72. The molecular formula is C16H22ClNO2. The number of aryl methyl sites for hydroxylation is 1. The largest absolute Gasteiger partial charge is 0.496 e. The monoisotopic (exact) mass is 295 g/mol. The van der Waals surface area contributed by atoms with Gasteiger partial charge in [-0.05, 0) is 37.5 Å². The van der Waals surface area contributed by atoms with Crippen molar-refractivity contribution in [2.45, 2.75) is 38.6 Å². The molecule has 0 atom stereocenters. The number of nitrogens with zero attached hydrogens (tertiary/aromatic N) is 1. The molecule has 0 bridgehead atoms. The van der Waals surface area contributed by atoms with E-state index in [-0.39, 0.29) is 5.91 Å². The highest BCUT2D eigenvalue weighted by Crippen LogP contribution is 2.26. The lowest BCUT2D eigenvalue weighted by atomic mass is 10.1. The van der Waals surface area contributed by atoms with Crippen LogP contribution in [0.5, 0.6) is 5.75 Å². The zero-order valence-corrected chi connectivity index (χ0v) is 12.9. The van der Waals surface area contributed by atoms with Gasteiger partial charge in [0.05, 0.1) is 7.11 Å². The lowest BCUT2D eigenvalue weighted by Crippen LogP contribution is -2.40. The Bertz CT molecular complexity index is 470. The summed E-state index contributed by atoms with van der Waals surface area (Å²) in [7, 11) is 1.63. The lowest BCUT2D eigenvalue weighted by Gasteiger charge is -2.28. The third-order valence-corrected chi connectivity index (χ3v) is 4.18. The molecule has 110 valence electrons. The number of carbonyl (C=O) groups is 1. The van der Waals surface area contributed by atoms with Gasteiger partial charge in [0.25, 0.3) is 5.91 Å². The van der Waals surface area contributed by atoms with Gasteiger partial charge in [-0.15, -0.1) is 11.6 Å². The summed E-state index contributed by atoms with van der Waals surface area (Å²) in [5, 5.41) is 0. The molecule has 4 heteroatoms. The van der Waals surface area contributed by atoms with Crippen LogP contribution in [0.4, 0.5) is 0 Å². The fourth-order valence-electron chi connectivity index (χ4n) is 2.88. The van der Waals surface area contributed by atoms with Gasteiger partial charge in [0.1, 0.15) is 5.75 Å². The predicted molar refractivity (Wildman–Crippen MR) is 81.7 cm³/mol. The van der Waals surface area contributed by atoms with Gasteiger partial charge < -0.3 is 9.64 Å². The highest BCUT2D eigenvalue weighted by atomic mass is 35.5. The number of amides is 1. The van der Waals surface area contributed by atoms with E-state index in [1.54, 1.807) is 7.11 Å². The molecule has 2 rings (SSSR count). The predicted octanol–water partition coefficient (Wildman–Crippen LogP) is 3.63. The van der Waals surface area contributed by atoms with E-state index in [9.17, 15) is 4.79 Å². The number of methoxy groups -OCH3 is 1. The Labute approximate surface area is 125 Å². The van der Waals surface area contributed by atoms with E-state index in [2.05, 4.69) is 0 Å². The summed E-state index contributed by atoms with van der Waals surface area (Å²) in [6, 6.07) is 5.97. The summed E-state index contributed by atoms with van der Waals surface area (Å²) >= 11 is 5.87. The number of rotatable bonds is 5. The first-order valence-electron chi connectivity index (χ1n) is 7.19. The summed E-state index contributed by atoms with van der Waals surface area (Å²) in [6.45, 7) is 2.59. The summed E-state index contributed by atoms with van der Waals surface area (Å²) in [6.07, 6.45) is 4.58. The van der Waals surface area contributed by atoms with Crippen LogP contribution in [-0.4, -0.2) is 36.4 Å². The van der Waals surface area contributed by atoms with E-state index in [1.165, 1.54) is 12.8 Å². The average Bonchev–Trinajstić information content (AvgIpc) is 2.98. The number of hydrogen-bond acceptors (Lipinski definition) is 2. The maximum Gasteiger partial charge on any atom is 0.254 e. The Kier molecular flexibility index (Phi) is 5.30. The number of hydrogen-bond donors (Lipinski definition) is 0. The summed E-state index contributed by atoms with van der Waals surface area (Å²) in [5.74, 6) is 1.30. The van der Waals surface area contributed by atoms with E-state index in [4.69, 9.17) is 16.3 Å². The second-order valence-electron chi connectivity index (χ2n) is 5.31. The SMILES string of the molecule is COc1cc(C(=O)N(CCCl)C2CCCC2)ccc1C. The molecule has 0 spiro atoms. The molecule has 1 aromatic rings. The van der Waals surface area contributed by atoms with Gasteiger partial charge in [-0.1, -0.05) is 18.9 Å². The molecule has 1 aromatic carbocycles. The molecule has 1 aliphatic rings. The molecule has 0 unspecified atom stereocenters. The van der Waals surface area contributed by atoms with Crippen LogP contribution in [0.2, 0.25) is 0 Å². The van der Waals surface area contributed by atoms with Crippen LogP contribution in [0.25, 0.3) is 0 Å². The Hall–Kier alpha value is -1.22. The maximum absolute atomic E-state index is 12.7. The Morgan fingerprint density at radius 1 is 1.40 bits per heavy atom. The molecule has 0 aromatic heterocycles. The number of benzene rings is 1. The van der Waals surface area contributed by atoms with E-state index in [0.29, 0.717) is 24.0 Å². The van der Waals surface area contributed by atoms with Crippen LogP contribution in [0, 0.1) is 6.92 Å². The van der Waals surface area contributed by atoms with Crippen LogP contribution in [0.3, 0.4) is 0 Å². The third kappa shape index (κ3) is 3.26. The van der Waals surface area contributed by atoms with Crippen molar-refractivity contribution in [2.75, 3.05) is 19.5 Å². The van der Waals surface area contributed by atoms with Crippen LogP contribution in [-0.2, 0) is 0 Å². The molecule has 0 saturated heterocycles. The van der Waals surface area contributed by atoms with Gasteiger partial charge >= 0.3 is 0 Å². The second kappa shape index (κ2) is 6.98. The third-order valence-electron chi connectivity index (χ3n) is 4.01. The Morgan fingerprint density at radius 3 is 2.70 bits per heavy atom. The molecule has 0 N–H and O–H groups in total. The molecule has 1 fully saturated rings. The topological polar surface area (TPSA) is 29.5 Å². The highest BCUT2D eigenvalue weighted by molar-refractivity contribution is 6.18. The van der Waals surface area contributed by atoms with E-state index >= 15 is 0 Å². The molecule has 0 aliphatic heterocycles. The lowest BCUT2D eigenvalue weighted by molar-refractivity contribution is 0.0694. The van der Waals surface area contributed by atoms with Crippen molar-refractivity contribution in [3.8, 4) is 5.75 Å². The quantitative estimate of drug-likeness (QED) is 0.776. The molecule has 3 nitrogen and oxygen atoms in total. The summed E-state index contributed by atoms with van der Waals surface area (Å²) in [5.41, 5.74) is 1.72. The number of alkyl halides is 1. The van der Waals surface area contributed by atoms with Gasteiger partial charge in [-0.3, -0.25) is 4.79 Å². The van der Waals surface area contributed by atoms with Crippen LogP contribution >= 0.6 is 11.6 Å². The van der Waals surface area contributed by atoms with Crippen molar-refractivity contribution >= 4 is 17.5 Å². The molecule has 1 amide bonds. The maximum atomic E-state index is 12.7. The number of ether oxygens (including phenoxy) is 1. The Balaban J connectivity index is 2.22.